The van der Waals surface area contributed by atoms with Gasteiger partial charge in [-0.05, 0) is 24.6 Å². The molecule has 5 heteroatoms. The number of anilines is 2. The Balaban J connectivity index is 2.93. The summed E-state index contributed by atoms with van der Waals surface area (Å²) in [4.78, 5) is 13.0. The summed E-state index contributed by atoms with van der Waals surface area (Å²) in [6.45, 7) is 3.08. The number of nitrogens with two attached hydrogens (primary N) is 2. The Morgan fingerprint density at radius 2 is 2.18 bits per heavy atom. The van der Waals surface area contributed by atoms with Gasteiger partial charge in [0.05, 0.1) is 17.9 Å². The van der Waals surface area contributed by atoms with Crippen LogP contribution < -0.4 is 16.4 Å². The van der Waals surface area contributed by atoms with Gasteiger partial charge in [0.15, 0.2) is 0 Å². The predicted octanol–water partition coefficient (Wildman–Crippen LogP) is 2.12. The molecule has 4 N–H and O–H groups in total. The minimum Gasteiger partial charge on any atom is -0.397 e. The molecule has 17 heavy (non-hydrogen) atoms. The maximum Gasteiger partial charge on any atom is 0.236 e. The van der Waals surface area contributed by atoms with Gasteiger partial charge in [0.1, 0.15) is 0 Å². The van der Waals surface area contributed by atoms with E-state index in [1.807, 2.05) is 23.1 Å². The zero-order valence-electron chi connectivity index (χ0n) is 9.95. The molecule has 94 valence electrons. The molecular formula is C12H18BrN3O. The Morgan fingerprint density at radius 1 is 1.47 bits per heavy atom. The van der Waals surface area contributed by atoms with E-state index in [2.05, 4.69) is 22.9 Å². The van der Waals surface area contributed by atoms with Gasteiger partial charge in [-0.3, -0.25) is 4.79 Å². The van der Waals surface area contributed by atoms with Gasteiger partial charge in [0.25, 0.3) is 0 Å². The Labute approximate surface area is 110 Å². The molecule has 0 aliphatic rings. The Hall–Kier alpha value is -1.23. The molecule has 0 aromatic heterocycles. The Bertz CT molecular complexity index is 395. The standard InChI is InChI=1S/C12H18BrN3O/c1-2-3-6-16(8-12(15)17)11-7-9(13)4-5-10(11)14/h4-5,7H,2-3,6,8,14H2,1H3,(H2,15,17). The lowest BCUT2D eigenvalue weighted by Crippen LogP contribution is -2.35. The summed E-state index contributed by atoms with van der Waals surface area (Å²) in [6, 6.07) is 5.61. The molecule has 0 bridgehead atoms. The summed E-state index contributed by atoms with van der Waals surface area (Å²) in [6.07, 6.45) is 2.06. The number of hydrogen-bond acceptors (Lipinski definition) is 3. The molecule has 0 spiro atoms. The first-order valence-corrected chi connectivity index (χ1v) is 6.42. The minimum atomic E-state index is -0.347. The van der Waals surface area contributed by atoms with Gasteiger partial charge < -0.3 is 16.4 Å². The van der Waals surface area contributed by atoms with Gasteiger partial charge in [0, 0.05) is 11.0 Å². The lowest BCUT2D eigenvalue weighted by atomic mass is 10.2. The maximum absolute atomic E-state index is 11.1. The fraction of sp³-hybridized carbons (Fsp3) is 0.417. The maximum atomic E-state index is 11.1. The van der Waals surface area contributed by atoms with Crippen LogP contribution in [0.25, 0.3) is 0 Å². The van der Waals surface area contributed by atoms with Crippen LogP contribution in [-0.4, -0.2) is 19.0 Å². The number of amides is 1. The van der Waals surface area contributed by atoms with Crippen molar-refractivity contribution in [2.75, 3.05) is 23.7 Å². The van der Waals surface area contributed by atoms with E-state index in [4.69, 9.17) is 11.5 Å². The number of primary amides is 1. The summed E-state index contributed by atoms with van der Waals surface area (Å²) < 4.78 is 0.938. The number of halogens is 1. The Morgan fingerprint density at radius 3 is 2.76 bits per heavy atom. The van der Waals surface area contributed by atoms with Gasteiger partial charge in [-0.15, -0.1) is 0 Å². The highest BCUT2D eigenvalue weighted by atomic mass is 79.9. The van der Waals surface area contributed by atoms with Crippen LogP contribution in [0.4, 0.5) is 11.4 Å². The van der Waals surface area contributed by atoms with E-state index in [0.717, 1.165) is 29.5 Å². The van der Waals surface area contributed by atoms with Crippen LogP contribution in [0.15, 0.2) is 22.7 Å². The van der Waals surface area contributed by atoms with E-state index in [1.54, 1.807) is 0 Å². The van der Waals surface area contributed by atoms with Gasteiger partial charge in [-0.25, -0.2) is 0 Å². The average molecular weight is 300 g/mol. The number of nitrogen functional groups attached to an aromatic ring is 1. The molecule has 0 saturated carbocycles. The quantitative estimate of drug-likeness (QED) is 0.790. The highest BCUT2D eigenvalue weighted by molar-refractivity contribution is 9.10. The van der Waals surface area contributed by atoms with Crippen molar-refractivity contribution in [1.82, 2.24) is 0 Å². The fourth-order valence-corrected chi connectivity index (χ4v) is 1.96. The van der Waals surface area contributed by atoms with Crippen LogP contribution in [-0.2, 0) is 4.79 Å². The molecule has 1 aromatic carbocycles. The molecule has 4 nitrogen and oxygen atoms in total. The molecule has 1 amide bonds. The molecular weight excluding hydrogens is 282 g/mol. The minimum absolute atomic E-state index is 0.195. The number of carbonyl (C=O) groups is 1. The van der Waals surface area contributed by atoms with Crippen molar-refractivity contribution < 1.29 is 4.79 Å². The first kappa shape index (κ1) is 13.8. The summed E-state index contributed by atoms with van der Waals surface area (Å²) in [5, 5.41) is 0. The highest BCUT2D eigenvalue weighted by Crippen LogP contribution is 2.27. The summed E-state index contributed by atoms with van der Waals surface area (Å²) in [7, 11) is 0. The van der Waals surface area contributed by atoms with E-state index in [0.29, 0.717) is 5.69 Å². The molecule has 0 aliphatic heterocycles. The number of nitrogens with zero attached hydrogens (tertiary/aromatic N) is 1. The molecule has 0 heterocycles. The number of carbonyl (C=O) groups excluding carboxylic acids is 1. The number of unbranched alkanes of at least 4 members (excludes halogenated alkanes) is 1. The van der Waals surface area contributed by atoms with E-state index < -0.39 is 0 Å². The van der Waals surface area contributed by atoms with Crippen molar-refractivity contribution in [3.8, 4) is 0 Å². The summed E-state index contributed by atoms with van der Waals surface area (Å²) in [5.74, 6) is -0.347. The van der Waals surface area contributed by atoms with Crippen LogP contribution in [0.3, 0.4) is 0 Å². The third kappa shape index (κ3) is 4.26. The number of benzene rings is 1. The van der Waals surface area contributed by atoms with Crippen LogP contribution >= 0.6 is 15.9 Å². The van der Waals surface area contributed by atoms with Crippen molar-refractivity contribution in [2.45, 2.75) is 19.8 Å². The molecule has 0 aliphatic carbocycles. The van der Waals surface area contributed by atoms with E-state index in [9.17, 15) is 4.79 Å². The third-order valence-electron chi connectivity index (χ3n) is 2.46. The van der Waals surface area contributed by atoms with Crippen molar-refractivity contribution in [3.63, 3.8) is 0 Å². The van der Waals surface area contributed by atoms with Gasteiger partial charge >= 0.3 is 0 Å². The van der Waals surface area contributed by atoms with Gasteiger partial charge in [0.2, 0.25) is 5.91 Å². The molecule has 0 atom stereocenters. The van der Waals surface area contributed by atoms with Gasteiger partial charge in [-0.1, -0.05) is 29.3 Å². The second kappa shape index (κ2) is 6.49. The van der Waals surface area contributed by atoms with Crippen molar-refractivity contribution in [1.29, 1.82) is 0 Å². The highest BCUT2D eigenvalue weighted by Gasteiger charge is 2.12. The first-order chi connectivity index (χ1) is 8.04. The number of hydrogen-bond donors (Lipinski definition) is 2. The zero-order valence-corrected chi connectivity index (χ0v) is 11.5. The van der Waals surface area contributed by atoms with Crippen molar-refractivity contribution >= 4 is 33.2 Å². The summed E-state index contributed by atoms with van der Waals surface area (Å²) in [5.41, 5.74) is 12.7. The molecule has 1 rings (SSSR count). The zero-order chi connectivity index (χ0) is 12.8. The average Bonchev–Trinajstić information content (AvgIpc) is 2.27. The fourth-order valence-electron chi connectivity index (χ4n) is 1.61. The summed E-state index contributed by atoms with van der Waals surface area (Å²) >= 11 is 3.40. The van der Waals surface area contributed by atoms with Crippen molar-refractivity contribution in [3.05, 3.63) is 22.7 Å². The first-order valence-electron chi connectivity index (χ1n) is 5.63. The van der Waals surface area contributed by atoms with Crippen LogP contribution in [0.1, 0.15) is 19.8 Å². The lowest BCUT2D eigenvalue weighted by molar-refractivity contribution is -0.116. The smallest absolute Gasteiger partial charge is 0.236 e. The van der Waals surface area contributed by atoms with Crippen LogP contribution in [0.5, 0.6) is 0 Å². The Kier molecular flexibility index (Phi) is 5.28. The van der Waals surface area contributed by atoms with Crippen LogP contribution in [0, 0.1) is 0 Å². The lowest BCUT2D eigenvalue weighted by Gasteiger charge is -2.24. The van der Waals surface area contributed by atoms with E-state index >= 15 is 0 Å². The normalized spacial score (nSPS) is 10.2. The molecule has 0 radical (unpaired) electrons. The van der Waals surface area contributed by atoms with E-state index in [-0.39, 0.29) is 12.5 Å². The van der Waals surface area contributed by atoms with Gasteiger partial charge in [-0.2, -0.15) is 0 Å². The molecule has 0 saturated heterocycles. The molecule has 0 fully saturated rings. The SMILES string of the molecule is CCCCN(CC(N)=O)c1cc(Br)ccc1N. The van der Waals surface area contributed by atoms with Crippen LogP contribution in [0.2, 0.25) is 0 Å². The number of rotatable bonds is 6. The molecule has 1 aromatic rings. The largest absolute Gasteiger partial charge is 0.397 e. The van der Waals surface area contributed by atoms with Crippen molar-refractivity contribution in [2.24, 2.45) is 5.73 Å². The predicted molar refractivity (Wildman–Crippen MR) is 74.9 cm³/mol. The molecule has 0 unspecified atom stereocenters. The monoisotopic (exact) mass is 299 g/mol. The second-order valence-corrected chi connectivity index (χ2v) is 4.86. The third-order valence-corrected chi connectivity index (χ3v) is 2.95. The topological polar surface area (TPSA) is 72.3 Å². The van der Waals surface area contributed by atoms with E-state index in [1.165, 1.54) is 0 Å². The second-order valence-electron chi connectivity index (χ2n) is 3.94.